The molecule has 0 unspecified atom stereocenters. The Bertz CT molecular complexity index is 1410. The Morgan fingerprint density at radius 2 is 1.69 bits per heavy atom. The van der Waals surface area contributed by atoms with Gasteiger partial charge in [-0.05, 0) is 56.0 Å². The first-order valence-corrected chi connectivity index (χ1v) is 15.1. The van der Waals surface area contributed by atoms with E-state index in [1.54, 1.807) is 19.1 Å². The Morgan fingerprint density at radius 1 is 0.976 bits per heavy atom. The summed E-state index contributed by atoms with van der Waals surface area (Å²) in [6.07, 6.45) is 4.23. The number of hydrogen-bond donors (Lipinski definition) is 0. The highest BCUT2D eigenvalue weighted by atomic mass is 28.2. The van der Waals surface area contributed by atoms with Gasteiger partial charge in [0.25, 0.3) is 0 Å². The molecule has 2 radical (unpaired) electrons. The van der Waals surface area contributed by atoms with Crippen LogP contribution in [0.2, 0.25) is 5.04 Å². The minimum Gasteiger partial charge on any atom is -0.497 e. The maximum absolute atomic E-state index is 12.5. The molecule has 1 aliphatic heterocycles. The number of nitrogens with zero attached hydrogens (tertiary/aromatic N) is 4. The highest BCUT2D eigenvalue weighted by Crippen LogP contribution is 2.34. The third-order valence-electron chi connectivity index (χ3n) is 6.47. The zero-order chi connectivity index (χ0) is 30.5. The van der Waals surface area contributed by atoms with E-state index in [0.717, 1.165) is 33.7 Å². The standard InChI is InChI=1S/C32H42N4O5Si/c1-31(2,3)41-30(37)35-13-11-22(12-14-35)29-21-33-27-10-9-23(19-28(27)34-29)36(15-16-40-42-32(4,5)6)24-17-25(38-7)20-26(18-24)39-8/h9-11,17-21H,12-16H2,1-8H3. The molecule has 224 valence electrons. The summed E-state index contributed by atoms with van der Waals surface area (Å²) in [5.41, 5.74) is 4.84. The lowest BCUT2D eigenvalue weighted by atomic mass is 10.1. The van der Waals surface area contributed by atoms with E-state index >= 15 is 0 Å². The Balaban J connectivity index is 1.62. The molecule has 0 bridgehead atoms. The highest BCUT2D eigenvalue weighted by Gasteiger charge is 2.24. The van der Waals surface area contributed by atoms with Crippen molar-refractivity contribution in [2.24, 2.45) is 0 Å². The lowest BCUT2D eigenvalue weighted by Crippen LogP contribution is -2.39. The third kappa shape index (κ3) is 8.45. The summed E-state index contributed by atoms with van der Waals surface area (Å²) in [5.74, 6) is 1.42. The maximum atomic E-state index is 12.5. The van der Waals surface area contributed by atoms with Gasteiger partial charge >= 0.3 is 6.09 Å². The van der Waals surface area contributed by atoms with E-state index in [4.69, 9.17) is 28.6 Å². The Hall–Kier alpha value is -3.63. The molecule has 0 spiro atoms. The molecule has 2 heterocycles. The highest BCUT2D eigenvalue weighted by molar-refractivity contribution is 6.31. The number of carbonyl (C=O) groups is 1. The molecule has 4 rings (SSSR count). The topological polar surface area (TPSA) is 86.3 Å². The predicted molar refractivity (Wildman–Crippen MR) is 168 cm³/mol. The van der Waals surface area contributed by atoms with Crippen LogP contribution in [0.25, 0.3) is 16.6 Å². The normalized spacial score (nSPS) is 14.0. The molecule has 0 N–H and O–H groups in total. The van der Waals surface area contributed by atoms with Gasteiger partial charge in [-0.25, -0.2) is 9.78 Å². The monoisotopic (exact) mass is 590 g/mol. The summed E-state index contributed by atoms with van der Waals surface area (Å²) in [4.78, 5) is 26.1. The molecular weight excluding hydrogens is 548 g/mol. The number of carbonyl (C=O) groups excluding carboxylic acids is 1. The average molecular weight is 591 g/mol. The van der Waals surface area contributed by atoms with Crippen LogP contribution < -0.4 is 14.4 Å². The fourth-order valence-electron chi connectivity index (χ4n) is 4.48. The first-order chi connectivity index (χ1) is 19.8. The number of methoxy groups -OCH3 is 2. The van der Waals surface area contributed by atoms with Gasteiger partial charge in [0.05, 0.1) is 43.8 Å². The second-order valence-electron chi connectivity index (χ2n) is 12.3. The van der Waals surface area contributed by atoms with Gasteiger partial charge in [0.2, 0.25) is 9.76 Å². The van der Waals surface area contributed by atoms with Crippen LogP contribution in [0.5, 0.6) is 11.5 Å². The van der Waals surface area contributed by atoms with Gasteiger partial charge < -0.3 is 28.4 Å². The van der Waals surface area contributed by atoms with Crippen LogP contribution >= 0.6 is 0 Å². The van der Waals surface area contributed by atoms with Gasteiger partial charge in [0.15, 0.2) is 0 Å². The summed E-state index contributed by atoms with van der Waals surface area (Å²) in [7, 11) is 3.69. The molecule has 1 aromatic heterocycles. The summed E-state index contributed by atoms with van der Waals surface area (Å²) in [6.45, 7) is 14.4. The van der Waals surface area contributed by atoms with Crippen LogP contribution in [0.3, 0.4) is 0 Å². The molecule has 10 heteroatoms. The van der Waals surface area contributed by atoms with Crippen LogP contribution in [0.4, 0.5) is 16.2 Å². The van der Waals surface area contributed by atoms with Crippen molar-refractivity contribution in [2.75, 3.05) is 45.4 Å². The number of aromatic nitrogens is 2. The third-order valence-corrected chi connectivity index (χ3v) is 7.43. The van der Waals surface area contributed by atoms with Crippen LogP contribution in [0, 0.1) is 0 Å². The van der Waals surface area contributed by atoms with Crippen molar-refractivity contribution in [3.63, 3.8) is 0 Å². The number of rotatable bonds is 9. The van der Waals surface area contributed by atoms with Crippen LogP contribution in [-0.4, -0.2) is 76.8 Å². The number of amides is 1. The number of ether oxygens (including phenoxy) is 3. The molecular formula is C32H42N4O5Si. The van der Waals surface area contributed by atoms with E-state index in [-0.39, 0.29) is 11.1 Å². The molecule has 42 heavy (non-hydrogen) atoms. The maximum Gasteiger partial charge on any atom is 0.410 e. The zero-order valence-electron chi connectivity index (χ0n) is 26.0. The minimum atomic E-state index is -0.522. The molecule has 0 saturated heterocycles. The van der Waals surface area contributed by atoms with E-state index in [1.807, 2.05) is 63.4 Å². The second-order valence-corrected chi connectivity index (χ2v) is 14.2. The first-order valence-electron chi connectivity index (χ1n) is 14.2. The van der Waals surface area contributed by atoms with Gasteiger partial charge in [0, 0.05) is 49.2 Å². The van der Waals surface area contributed by atoms with Gasteiger partial charge in [-0.3, -0.25) is 4.98 Å². The number of anilines is 2. The predicted octanol–water partition coefficient (Wildman–Crippen LogP) is 6.66. The summed E-state index contributed by atoms with van der Waals surface area (Å²) >= 11 is 0. The molecule has 2 aromatic carbocycles. The molecule has 0 aliphatic carbocycles. The fourth-order valence-corrected chi connectivity index (χ4v) is 5.10. The van der Waals surface area contributed by atoms with Gasteiger partial charge in [0.1, 0.15) is 17.1 Å². The molecule has 0 fully saturated rings. The molecule has 0 saturated carbocycles. The largest absolute Gasteiger partial charge is 0.497 e. The van der Waals surface area contributed by atoms with Crippen molar-refractivity contribution >= 4 is 43.8 Å². The second kappa shape index (κ2) is 13.1. The molecule has 0 atom stereocenters. The van der Waals surface area contributed by atoms with Crippen molar-refractivity contribution in [1.82, 2.24) is 14.9 Å². The summed E-state index contributed by atoms with van der Waals surface area (Å²) in [5, 5.41) is 0.108. The fraction of sp³-hybridized carbons (Fsp3) is 0.469. The molecule has 3 aromatic rings. The van der Waals surface area contributed by atoms with Gasteiger partial charge in [-0.2, -0.15) is 0 Å². The summed E-state index contributed by atoms with van der Waals surface area (Å²) < 4.78 is 22.7. The van der Waals surface area contributed by atoms with E-state index < -0.39 is 5.60 Å². The number of benzene rings is 2. The zero-order valence-corrected chi connectivity index (χ0v) is 27.0. The molecule has 9 nitrogen and oxygen atoms in total. The van der Waals surface area contributed by atoms with Crippen LogP contribution in [-0.2, 0) is 9.16 Å². The van der Waals surface area contributed by atoms with Crippen LogP contribution in [0.15, 0.2) is 48.7 Å². The van der Waals surface area contributed by atoms with Crippen molar-refractivity contribution < 1.29 is 23.4 Å². The molecule has 1 amide bonds. The average Bonchev–Trinajstić information content (AvgIpc) is 2.95. The summed E-state index contributed by atoms with van der Waals surface area (Å²) in [6, 6.07) is 11.9. The molecule has 1 aliphatic rings. The van der Waals surface area contributed by atoms with Crippen molar-refractivity contribution in [3.8, 4) is 11.5 Å². The van der Waals surface area contributed by atoms with E-state index in [0.29, 0.717) is 53.9 Å². The Kier molecular flexibility index (Phi) is 9.78. The van der Waals surface area contributed by atoms with Gasteiger partial charge in [-0.15, -0.1) is 0 Å². The number of fused-ring (bicyclic) bond motifs is 1. The van der Waals surface area contributed by atoms with Crippen molar-refractivity contribution in [1.29, 1.82) is 0 Å². The van der Waals surface area contributed by atoms with E-state index in [1.165, 1.54) is 0 Å². The van der Waals surface area contributed by atoms with Crippen molar-refractivity contribution in [2.45, 2.75) is 58.6 Å². The SMILES string of the molecule is COc1cc(OC)cc(N(CCO[Si]C(C)(C)C)c2ccc3ncc(C4=CCN(C(=O)OC(C)(C)C)CC4)nc3c2)c1. The lowest BCUT2D eigenvalue weighted by Gasteiger charge is -2.29. The van der Waals surface area contributed by atoms with Crippen LogP contribution in [0.1, 0.15) is 53.7 Å². The Labute approximate surface area is 251 Å². The quantitative estimate of drug-likeness (QED) is 0.202. The first kappa shape index (κ1) is 31.3. The van der Waals surface area contributed by atoms with E-state index in [9.17, 15) is 4.79 Å². The Morgan fingerprint density at radius 3 is 2.29 bits per heavy atom. The van der Waals surface area contributed by atoms with Crippen molar-refractivity contribution in [3.05, 3.63) is 54.4 Å². The minimum absolute atomic E-state index is 0.108. The van der Waals surface area contributed by atoms with Gasteiger partial charge in [-0.1, -0.05) is 26.8 Å². The number of hydrogen-bond acceptors (Lipinski definition) is 8. The smallest absolute Gasteiger partial charge is 0.410 e. The van der Waals surface area contributed by atoms with E-state index in [2.05, 4.69) is 31.7 Å². The lowest BCUT2D eigenvalue weighted by molar-refractivity contribution is 0.0270.